The van der Waals surface area contributed by atoms with E-state index in [0.717, 1.165) is 11.6 Å². The van der Waals surface area contributed by atoms with Crippen molar-refractivity contribution in [1.82, 2.24) is 4.98 Å². The van der Waals surface area contributed by atoms with Gasteiger partial charge in [0.2, 0.25) is 0 Å². The first-order chi connectivity index (χ1) is 12.4. The van der Waals surface area contributed by atoms with Gasteiger partial charge in [-0.1, -0.05) is 12.1 Å². The van der Waals surface area contributed by atoms with E-state index in [-0.39, 0.29) is 16.1 Å². The second kappa shape index (κ2) is 6.90. The molecule has 0 saturated heterocycles. The lowest BCUT2D eigenvalue weighted by Gasteiger charge is -2.07. The predicted molar refractivity (Wildman–Crippen MR) is 94.7 cm³/mol. The summed E-state index contributed by atoms with van der Waals surface area (Å²) in [6.07, 6.45) is 1.32. The van der Waals surface area contributed by atoms with Crippen LogP contribution >= 0.6 is 0 Å². The van der Waals surface area contributed by atoms with Crippen LogP contribution in [-0.2, 0) is 10.0 Å². The van der Waals surface area contributed by atoms with E-state index >= 15 is 0 Å². The highest BCUT2D eigenvalue weighted by Crippen LogP contribution is 2.26. The maximum absolute atomic E-state index is 13.9. The van der Waals surface area contributed by atoms with Crippen LogP contribution in [0.4, 0.5) is 10.1 Å². The molecule has 132 valence electrons. The molecule has 3 aromatic rings. The zero-order chi connectivity index (χ0) is 18.7. The Bertz CT molecular complexity index is 1100. The SMILES string of the molecule is COc1cccc(-c2cc(S(=O)(=O)Nc3ccc(C#N)cc3F)c[nH]2)c1. The maximum atomic E-state index is 13.9. The van der Waals surface area contributed by atoms with Crippen LogP contribution in [0.1, 0.15) is 5.56 Å². The van der Waals surface area contributed by atoms with Gasteiger partial charge in [-0.25, -0.2) is 12.8 Å². The number of hydrogen-bond donors (Lipinski definition) is 2. The molecule has 26 heavy (non-hydrogen) atoms. The largest absolute Gasteiger partial charge is 0.497 e. The fourth-order valence-electron chi connectivity index (χ4n) is 2.36. The number of H-pyrrole nitrogens is 1. The summed E-state index contributed by atoms with van der Waals surface area (Å²) in [6, 6.07) is 13.9. The monoisotopic (exact) mass is 371 g/mol. The number of aromatic nitrogens is 1. The summed E-state index contributed by atoms with van der Waals surface area (Å²) < 4.78 is 46.3. The van der Waals surface area contributed by atoms with Gasteiger partial charge >= 0.3 is 0 Å². The van der Waals surface area contributed by atoms with Crippen LogP contribution in [0.25, 0.3) is 11.3 Å². The molecular weight excluding hydrogens is 357 g/mol. The molecule has 1 heterocycles. The number of methoxy groups -OCH3 is 1. The first-order valence-electron chi connectivity index (χ1n) is 7.48. The van der Waals surface area contributed by atoms with Gasteiger partial charge in [-0.05, 0) is 36.4 Å². The van der Waals surface area contributed by atoms with Crippen LogP contribution < -0.4 is 9.46 Å². The first-order valence-corrected chi connectivity index (χ1v) is 8.96. The summed E-state index contributed by atoms with van der Waals surface area (Å²) >= 11 is 0. The van der Waals surface area contributed by atoms with Crippen molar-refractivity contribution in [3.8, 4) is 23.1 Å². The third-order valence-corrected chi connectivity index (χ3v) is 5.04. The topological polar surface area (TPSA) is 95.0 Å². The zero-order valence-corrected chi connectivity index (χ0v) is 14.5. The van der Waals surface area contributed by atoms with Gasteiger partial charge in [-0.2, -0.15) is 5.26 Å². The molecule has 8 heteroatoms. The van der Waals surface area contributed by atoms with E-state index in [1.54, 1.807) is 37.4 Å². The maximum Gasteiger partial charge on any atom is 0.263 e. The van der Waals surface area contributed by atoms with Gasteiger partial charge in [0, 0.05) is 17.5 Å². The van der Waals surface area contributed by atoms with E-state index in [9.17, 15) is 12.8 Å². The number of nitrogens with zero attached hydrogens (tertiary/aromatic N) is 1. The molecule has 0 radical (unpaired) electrons. The third kappa shape index (κ3) is 3.53. The molecule has 0 spiro atoms. The quantitative estimate of drug-likeness (QED) is 0.717. The van der Waals surface area contributed by atoms with Gasteiger partial charge in [0.1, 0.15) is 16.5 Å². The summed E-state index contributed by atoms with van der Waals surface area (Å²) in [5.74, 6) is -0.185. The van der Waals surface area contributed by atoms with Crippen molar-refractivity contribution < 1.29 is 17.5 Å². The van der Waals surface area contributed by atoms with E-state index in [4.69, 9.17) is 10.00 Å². The highest BCUT2D eigenvalue weighted by molar-refractivity contribution is 7.92. The minimum Gasteiger partial charge on any atom is -0.497 e. The molecule has 0 aliphatic heterocycles. The Kier molecular flexibility index (Phi) is 4.65. The molecule has 1 aromatic heterocycles. The average Bonchev–Trinajstić information content (AvgIpc) is 3.14. The van der Waals surface area contributed by atoms with Crippen molar-refractivity contribution in [2.24, 2.45) is 0 Å². The van der Waals surface area contributed by atoms with Crippen molar-refractivity contribution >= 4 is 15.7 Å². The molecule has 0 saturated carbocycles. The van der Waals surface area contributed by atoms with Crippen LogP contribution in [0.2, 0.25) is 0 Å². The summed E-state index contributed by atoms with van der Waals surface area (Å²) in [5, 5.41) is 8.74. The lowest BCUT2D eigenvalue weighted by molar-refractivity contribution is 0.415. The van der Waals surface area contributed by atoms with E-state index < -0.39 is 15.8 Å². The number of aromatic amines is 1. The van der Waals surface area contributed by atoms with E-state index in [0.29, 0.717) is 11.4 Å². The van der Waals surface area contributed by atoms with Gasteiger partial charge in [-0.15, -0.1) is 0 Å². The smallest absolute Gasteiger partial charge is 0.263 e. The molecule has 3 rings (SSSR count). The molecule has 6 nitrogen and oxygen atoms in total. The van der Waals surface area contributed by atoms with Crippen LogP contribution in [0.3, 0.4) is 0 Å². The number of nitrogens with one attached hydrogen (secondary N) is 2. The van der Waals surface area contributed by atoms with Crippen molar-refractivity contribution in [2.75, 3.05) is 11.8 Å². The Labute approximate surface area is 149 Å². The van der Waals surface area contributed by atoms with Crippen LogP contribution in [-0.4, -0.2) is 20.5 Å². The van der Waals surface area contributed by atoms with Gasteiger partial charge < -0.3 is 9.72 Å². The van der Waals surface area contributed by atoms with Gasteiger partial charge in [-0.3, -0.25) is 4.72 Å². The molecule has 0 fully saturated rings. The lowest BCUT2D eigenvalue weighted by Crippen LogP contribution is -2.13. The number of nitriles is 1. The molecule has 0 aliphatic carbocycles. The minimum absolute atomic E-state index is 0.0425. The number of benzene rings is 2. The molecular formula is C18H14FN3O3S. The van der Waals surface area contributed by atoms with Gasteiger partial charge in [0.05, 0.1) is 24.4 Å². The average molecular weight is 371 g/mol. The molecule has 0 aliphatic rings. The molecule has 0 atom stereocenters. The highest BCUT2D eigenvalue weighted by atomic mass is 32.2. The molecule has 2 aromatic carbocycles. The van der Waals surface area contributed by atoms with Gasteiger partial charge in [0.15, 0.2) is 0 Å². The number of rotatable bonds is 5. The molecule has 0 unspecified atom stereocenters. The van der Waals surface area contributed by atoms with E-state index in [2.05, 4.69) is 9.71 Å². The van der Waals surface area contributed by atoms with E-state index in [1.807, 2.05) is 0 Å². The summed E-state index contributed by atoms with van der Waals surface area (Å²) in [4.78, 5) is 2.84. The first kappa shape index (κ1) is 17.5. The molecule has 2 N–H and O–H groups in total. The number of anilines is 1. The second-order valence-corrected chi connectivity index (χ2v) is 7.08. The Morgan fingerprint density at radius 3 is 2.69 bits per heavy atom. The van der Waals surface area contributed by atoms with Crippen molar-refractivity contribution in [1.29, 1.82) is 5.26 Å². The van der Waals surface area contributed by atoms with Crippen molar-refractivity contribution in [3.63, 3.8) is 0 Å². The highest BCUT2D eigenvalue weighted by Gasteiger charge is 2.19. The Morgan fingerprint density at radius 2 is 2.00 bits per heavy atom. The Morgan fingerprint density at radius 1 is 1.19 bits per heavy atom. The number of ether oxygens (including phenoxy) is 1. The van der Waals surface area contributed by atoms with Gasteiger partial charge in [0.25, 0.3) is 10.0 Å². The molecule has 0 amide bonds. The zero-order valence-electron chi connectivity index (χ0n) is 13.7. The van der Waals surface area contributed by atoms with E-state index in [1.165, 1.54) is 24.4 Å². The van der Waals surface area contributed by atoms with Crippen LogP contribution in [0.5, 0.6) is 5.75 Å². The number of hydrogen-bond acceptors (Lipinski definition) is 4. The molecule has 0 bridgehead atoms. The minimum atomic E-state index is -3.99. The Balaban J connectivity index is 1.89. The predicted octanol–water partition coefficient (Wildman–Crippen LogP) is 3.50. The normalized spacial score (nSPS) is 11.0. The third-order valence-electron chi connectivity index (χ3n) is 3.69. The van der Waals surface area contributed by atoms with Crippen LogP contribution in [0, 0.1) is 17.1 Å². The Hall–Kier alpha value is -3.31. The fraction of sp³-hybridized carbons (Fsp3) is 0.0556. The standard InChI is InChI=1S/C18H14FN3O3S/c1-25-14-4-2-3-13(8-14)18-9-15(11-21-18)26(23,24)22-17-6-5-12(10-20)7-16(17)19/h2-9,11,21-22H,1H3. The number of halogens is 1. The second-order valence-electron chi connectivity index (χ2n) is 5.39. The number of sulfonamides is 1. The fourth-order valence-corrected chi connectivity index (χ4v) is 3.42. The summed E-state index contributed by atoms with van der Waals surface area (Å²) in [5.41, 5.74) is 1.19. The summed E-state index contributed by atoms with van der Waals surface area (Å²) in [7, 11) is -2.45. The van der Waals surface area contributed by atoms with Crippen LogP contribution in [0.15, 0.2) is 59.6 Å². The summed E-state index contributed by atoms with van der Waals surface area (Å²) in [6.45, 7) is 0. The van der Waals surface area contributed by atoms with Crippen molar-refractivity contribution in [2.45, 2.75) is 4.90 Å². The lowest BCUT2D eigenvalue weighted by atomic mass is 10.1. The van der Waals surface area contributed by atoms with Crippen molar-refractivity contribution in [3.05, 3.63) is 66.1 Å².